The Morgan fingerprint density at radius 3 is 2.50 bits per heavy atom. The highest BCUT2D eigenvalue weighted by Crippen LogP contribution is 2.14. The molecule has 4 heteroatoms. The van der Waals surface area contributed by atoms with E-state index in [1.165, 1.54) is 0 Å². The molecule has 4 nitrogen and oxygen atoms in total. The molecule has 1 aromatic heterocycles. The highest BCUT2D eigenvalue weighted by molar-refractivity contribution is 5.95. The minimum absolute atomic E-state index is 0.145. The van der Waals surface area contributed by atoms with E-state index in [2.05, 4.69) is 10.3 Å². The van der Waals surface area contributed by atoms with Crippen LogP contribution in [0.5, 0.6) is 0 Å². The standard InChI is InChI=1S/C16H18N2O2/c1-11-8-9-14(12(2)17-11)16(20)18-15(10-19)13-6-4-3-5-7-13/h3-9,15,19H,10H2,1-2H3,(H,18,20)/t15-/m1/s1. The van der Waals surface area contributed by atoms with Crippen LogP contribution >= 0.6 is 0 Å². The van der Waals surface area contributed by atoms with E-state index in [1.54, 1.807) is 19.1 Å². The lowest BCUT2D eigenvalue weighted by Crippen LogP contribution is -2.31. The SMILES string of the molecule is Cc1ccc(C(=O)N[C@H](CO)c2ccccc2)c(C)n1. The monoisotopic (exact) mass is 270 g/mol. The van der Waals surface area contributed by atoms with Crippen molar-refractivity contribution in [1.29, 1.82) is 0 Å². The first kappa shape index (κ1) is 14.2. The van der Waals surface area contributed by atoms with Crippen LogP contribution in [0.4, 0.5) is 0 Å². The van der Waals surface area contributed by atoms with Gasteiger partial charge in [-0.15, -0.1) is 0 Å². The van der Waals surface area contributed by atoms with Gasteiger partial charge >= 0.3 is 0 Å². The molecule has 0 spiro atoms. The number of aromatic nitrogens is 1. The fourth-order valence-corrected chi connectivity index (χ4v) is 2.08. The predicted molar refractivity (Wildman–Crippen MR) is 77.4 cm³/mol. The predicted octanol–water partition coefficient (Wildman–Crippen LogP) is 2.16. The number of nitrogens with one attached hydrogen (secondary N) is 1. The number of carbonyl (C=O) groups excluding carboxylic acids is 1. The van der Waals surface area contributed by atoms with Crippen LogP contribution in [0, 0.1) is 13.8 Å². The first-order valence-corrected chi connectivity index (χ1v) is 6.52. The zero-order chi connectivity index (χ0) is 14.5. The van der Waals surface area contributed by atoms with Gasteiger partial charge in [0.15, 0.2) is 0 Å². The number of benzene rings is 1. The Morgan fingerprint density at radius 2 is 1.90 bits per heavy atom. The van der Waals surface area contributed by atoms with Crippen molar-refractivity contribution >= 4 is 5.91 Å². The second kappa shape index (κ2) is 6.30. The molecule has 1 atom stereocenters. The lowest BCUT2D eigenvalue weighted by molar-refractivity contribution is 0.0915. The summed E-state index contributed by atoms with van der Waals surface area (Å²) in [5.41, 5.74) is 2.97. The number of aryl methyl sites for hydroxylation is 2. The smallest absolute Gasteiger partial charge is 0.253 e. The average Bonchev–Trinajstić information content (AvgIpc) is 2.45. The van der Waals surface area contributed by atoms with Crippen molar-refractivity contribution in [3.63, 3.8) is 0 Å². The van der Waals surface area contributed by atoms with Crippen molar-refractivity contribution in [3.8, 4) is 0 Å². The number of aliphatic hydroxyl groups is 1. The van der Waals surface area contributed by atoms with Crippen LogP contribution in [-0.4, -0.2) is 22.6 Å². The first-order chi connectivity index (χ1) is 9.61. The number of pyridine rings is 1. The highest BCUT2D eigenvalue weighted by Gasteiger charge is 2.16. The van der Waals surface area contributed by atoms with Crippen LogP contribution < -0.4 is 5.32 Å². The molecule has 1 aromatic carbocycles. The summed E-state index contributed by atoms with van der Waals surface area (Å²) in [6.45, 7) is 3.54. The molecule has 0 aliphatic carbocycles. The lowest BCUT2D eigenvalue weighted by Gasteiger charge is -2.17. The van der Waals surface area contributed by atoms with Crippen molar-refractivity contribution in [3.05, 3.63) is 65.0 Å². The van der Waals surface area contributed by atoms with E-state index in [0.717, 1.165) is 11.3 Å². The summed E-state index contributed by atoms with van der Waals surface area (Å²) in [6.07, 6.45) is 0. The minimum Gasteiger partial charge on any atom is -0.394 e. The molecule has 0 bridgehead atoms. The van der Waals surface area contributed by atoms with E-state index in [-0.39, 0.29) is 12.5 Å². The third kappa shape index (κ3) is 3.22. The number of amides is 1. The number of nitrogens with zero attached hydrogens (tertiary/aromatic N) is 1. The Hall–Kier alpha value is -2.20. The van der Waals surface area contributed by atoms with E-state index in [0.29, 0.717) is 11.3 Å². The van der Waals surface area contributed by atoms with Gasteiger partial charge in [0.25, 0.3) is 5.91 Å². The van der Waals surface area contributed by atoms with Crippen molar-refractivity contribution in [1.82, 2.24) is 10.3 Å². The molecule has 2 aromatic rings. The third-order valence-electron chi connectivity index (χ3n) is 3.16. The van der Waals surface area contributed by atoms with Crippen molar-refractivity contribution in [2.75, 3.05) is 6.61 Å². The van der Waals surface area contributed by atoms with E-state index >= 15 is 0 Å². The summed E-state index contributed by atoms with van der Waals surface area (Å²) in [7, 11) is 0. The lowest BCUT2D eigenvalue weighted by atomic mass is 10.1. The Morgan fingerprint density at radius 1 is 1.20 bits per heavy atom. The zero-order valence-electron chi connectivity index (χ0n) is 11.6. The van der Waals surface area contributed by atoms with Gasteiger partial charge in [0.2, 0.25) is 0 Å². The molecular formula is C16H18N2O2. The number of hydrogen-bond donors (Lipinski definition) is 2. The number of rotatable bonds is 4. The van der Waals surface area contributed by atoms with Crippen LogP contribution in [0.2, 0.25) is 0 Å². The van der Waals surface area contributed by atoms with Gasteiger partial charge in [0.1, 0.15) is 0 Å². The maximum Gasteiger partial charge on any atom is 0.253 e. The van der Waals surface area contributed by atoms with Crippen LogP contribution in [-0.2, 0) is 0 Å². The molecule has 0 saturated heterocycles. The Kier molecular flexibility index (Phi) is 4.48. The van der Waals surface area contributed by atoms with Crippen LogP contribution in [0.25, 0.3) is 0 Å². The largest absolute Gasteiger partial charge is 0.394 e. The van der Waals surface area contributed by atoms with E-state index in [1.807, 2.05) is 37.3 Å². The summed E-state index contributed by atoms with van der Waals surface area (Å²) in [5, 5.41) is 12.3. The summed E-state index contributed by atoms with van der Waals surface area (Å²) < 4.78 is 0. The molecule has 104 valence electrons. The summed E-state index contributed by atoms with van der Waals surface area (Å²) in [6, 6.07) is 12.6. The van der Waals surface area contributed by atoms with Gasteiger partial charge < -0.3 is 10.4 Å². The van der Waals surface area contributed by atoms with Crippen molar-refractivity contribution < 1.29 is 9.90 Å². The van der Waals surface area contributed by atoms with Crippen LogP contribution in [0.15, 0.2) is 42.5 Å². The molecule has 0 unspecified atom stereocenters. The topological polar surface area (TPSA) is 62.2 Å². The van der Waals surface area contributed by atoms with Gasteiger partial charge in [0, 0.05) is 5.69 Å². The quantitative estimate of drug-likeness (QED) is 0.895. The second-order valence-electron chi connectivity index (χ2n) is 4.70. The molecule has 2 rings (SSSR count). The van der Waals surface area contributed by atoms with Gasteiger partial charge in [-0.05, 0) is 31.5 Å². The Bertz CT molecular complexity index is 597. The van der Waals surface area contributed by atoms with Gasteiger partial charge in [-0.25, -0.2) is 0 Å². The molecule has 0 fully saturated rings. The van der Waals surface area contributed by atoms with Gasteiger partial charge in [-0.3, -0.25) is 9.78 Å². The molecular weight excluding hydrogens is 252 g/mol. The maximum atomic E-state index is 12.3. The molecule has 0 aliphatic rings. The minimum atomic E-state index is -0.413. The molecule has 0 saturated carbocycles. The van der Waals surface area contributed by atoms with Gasteiger partial charge in [-0.2, -0.15) is 0 Å². The molecule has 20 heavy (non-hydrogen) atoms. The maximum absolute atomic E-state index is 12.3. The van der Waals surface area contributed by atoms with Crippen molar-refractivity contribution in [2.24, 2.45) is 0 Å². The Labute approximate surface area is 118 Å². The zero-order valence-corrected chi connectivity index (χ0v) is 11.6. The van der Waals surface area contributed by atoms with Gasteiger partial charge in [-0.1, -0.05) is 30.3 Å². The van der Waals surface area contributed by atoms with Crippen LogP contribution in [0.1, 0.15) is 33.4 Å². The fraction of sp³-hybridized carbons (Fsp3) is 0.250. The van der Waals surface area contributed by atoms with Crippen LogP contribution in [0.3, 0.4) is 0 Å². The molecule has 0 aliphatic heterocycles. The van der Waals surface area contributed by atoms with E-state index < -0.39 is 6.04 Å². The molecule has 0 radical (unpaired) electrons. The summed E-state index contributed by atoms with van der Waals surface area (Å²) in [5.74, 6) is -0.224. The van der Waals surface area contributed by atoms with Crippen molar-refractivity contribution in [2.45, 2.75) is 19.9 Å². The van der Waals surface area contributed by atoms with E-state index in [4.69, 9.17) is 0 Å². The fourth-order valence-electron chi connectivity index (χ4n) is 2.08. The van der Waals surface area contributed by atoms with E-state index in [9.17, 15) is 9.90 Å². The number of carbonyl (C=O) groups is 1. The second-order valence-corrected chi connectivity index (χ2v) is 4.70. The first-order valence-electron chi connectivity index (χ1n) is 6.52. The Balaban J connectivity index is 2.17. The molecule has 1 amide bonds. The normalized spacial score (nSPS) is 11.9. The molecule has 1 heterocycles. The highest BCUT2D eigenvalue weighted by atomic mass is 16.3. The molecule has 2 N–H and O–H groups in total. The van der Waals surface area contributed by atoms with Gasteiger partial charge in [0.05, 0.1) is 23.9 Å². The number of hydrogen-bond acceptors (Lipinski definition) is 3. The summed E-state index contributed by atoms with van der Waals surface area (Å²) >= 11 is 0. The summed E-state index contributed by atoms with van der Waals surface area (Å²) in [4.78, 5) is 16.5. The average molecular weight is 270 g/mol. The third-order valence-corrected chi connectivity index (χ3v) is 3.16. The number of aliphatic hydroxyl groups excluding tert-OH is 1.